The Morgan fingerprint density at radius 3 is 2.21 bits per heavy atom. The molecule has 0 aliphatic rings. The van der Waals surface area contributed by atoms with E-state index in [0.717, 1.165) is 0 Å². The van der Waals surface area contributed by atoms with Crippen LogP contribution in [0.3, 0.4) is 0 Å². The number of amides is 1. The van der Waals surface area contributed by atoms with Gasteiger partial charge in [-0.15, -0.1) is 0 Å². The van der Waals surface area contributed by atoms with Crippen LogP contribution < -0.4 is 10.0 Å². The van der Waals surface area contributed by atoms with Crippen LogP contribution in [-0.2, 0) is 16.6 Å². The van der Waals surface area contributed by atoms with Gasteiger partial charge in [-0.3, -0.25) is 9.10 Å². The first kappa shape index (κ1) is 19.9. The monoisotopic (exact) mass is 414 g/mol. The number of carbonyl (C=O) groups is 1. The molecule has 0 radical (unpaired) electrons. The molecule has 0 saturated carbocycles. The van der Waals surface area contributed by atoms with E-state index in [1.165, 1.54) is 4.31 Å². The molecular formula is C21H19ClN2O3S. The van der Waals surface area contributed by atoms with Gasteiger partial charge in [0.25, 0.3) is 10.0 Å². The molecule has 3 rings (SSSR count). The van der Waals surface area contributed by atoms with Gasteiger partial charge < -0.3 is 5.73 Å². The first-order chi connectivity index (χ1) is 13.3. The van der Waals surface area contributed by atoms with Crippen molar-refractivity contribution in [2.75, 3.05) is 4.31 Å². The number of nitrogens with zero attached hydrogens (tertiary/aromatic N) is 1. The smallest absolute Gasteiger partial charge is 0.264 e. The lowest BCUT2D eigenvalue weighted by molar-refractivity contribution is 0.100. The van der Waals surface area contributed by atoms with Gasteiger partial charge in [0, 0.05) is 10.6 Å². The SMILES string of the molecule is Cc1c(Cl)cccc1N(Cc1ccc(C(N)=O)cc1)S(=O)(=O)c1ccccc1. The first-order valence-corrected chi connectivity index (χ1v) is 10.3. The highest BCUT2D eigenvalue weighted by atomic mass is 35.5. The third kappa shape index (κ3) is 4.03. The van der Waals surface area contributed by atoms with Crippen molar-refractivity contribution in [3.63, 3.8) is 0 Å². The van der Waals surface area contributed by atoms with Crippen molar-refractivity contribution in [2.45, 2.75) is 18.4 Å². The van der Waals surface area contributed by atoms with Gasteiger partial charge >= 0.3 is 0 Å². The van der Waals surface area contributed by atoms with Crippen LogP contribution in [0.1, 0.15) is 21.5 Å². The van der Waals surface area contributed by atoms with E-state index >= 15 is 0 Å². The minimum atomic E-state index is -3.83. The van der Waals surface area contributed by atoms with E-state index in [1.807, 2.05) is 0 Å². The number of carbonyl (C=O) groups excluding carboxylic acids is 1. The number of primary amides is 1. The molecule has 0 aromatic heterocycles. The predicted molar refractivity (Wildman–Crippen MR) is 111 cm³/mol. The summed E-state index contributed by atoms with van der Waals surface area (Å²) in [6.45, 7) is 1.86. The summed E-state index contributed by atoms with van der Waals surface area (Å²) in [7, 11) is -3.83. The Bertz CT molecular complexity index is 1100. The molecule has 0 spiro atoms. The fourth-order valence-electron chi connectivity index (χ4n) is 2.83. The Morgan fingerprint density at radius 1 is 0.964 bits per heavy atom. The maximum atomic E-state index is 13.4. The molecule has 0 atom stereocenters. The molecular weight excluding hydrogens is 396 g/mol. The molecule has 5 nitrogen and oxygen atoms in total. The maximum Gasteiger partial charge on any atom is 0.264 e. The summed E-state index contributed by atoms with van der Waals surface area (Å²) in [5, 5.41) is 0.481. The van der Waals surface area contributed by atoms with Crippen molar-refractivity contribution < 1.29 is 13.2 Å². The summed E-state index contributed by atoms with van der Waals surface area (Å²) < 4.78 is 28.1. The third-order valence-electron chi connectivity index (χ3n) is 4.40. The standard InChI is InChI=1S/C21H19ClN2O3S/c1-15-19(22)8-5-9-20(15)24(28(26,27)18-6-3-2-4-7-18)14-16-10-12-17(13-11-16)21(23)25/h2-13H,14H2,1H3,(H2,23,25). The van der Waals surface area contributed by atoms with Gasteiger partial charge in [0.1, 0.15) is 0 Å². The van der Waals surface area contributed by atoms with E-state index in [9.17, 15) is 13.2 Å². The lowest BCUT2D eigenvalue weighted by atomic mass is 10.1. The van der Waals surface area contributed by atoms with Crippen LogP contribution in [0, 0.1) is 6.92 Å². The van der Waals surface area contributed by atoms with E-state index in [0.29, 0.717) is 27.4 Å². The van der Waals surface area contributed by atoms with E-state index in [2.05, 4.69) is 0 Å². The number of benzene rings is 3. The van der Waals surface area contributed by atoms with Gasteiger partial charge in [-0.1, -0.05) is 48.0 Å². The van der Waals surface area contributed by atoms with Crippen LogP contribution in [0.2, 0.25) is 5.02 Å². The number of halogens is 1. The number of anilines is 1. The van der Waals surface area contributed by atoms with Crippen LogP contribution in [0.25, 0.3) is 0 Å². The lowest BCUT2D eigenvalue weighted by Crippen LogP contribution is -2.31. The number of rotatable bonds is 6. The summed E-state index contributed by atoms with van der Waals surface area (Å²) in [6.07, 6.45) is 0. The Hall–Kier alpha value is -2.83. The number of sulfonamides is 1. The van der Waals surface area contributed by atoms with E-state index in [-0.39, 0.29) is 11.4 Å². The van der Waals surface area contributed by atoms with Crippen molar-refractivity contribution >= 4 is 33.2 Å². The molecule has 2 N–H and O–H groups in total. The molecule has 0 aliphatic heterocycles. The van der Waals surface area contributed by atoms with E-state index in [4.69, 9.17) is 17.3 Å². The second kappa shape index (κ2) is 8.04. The molecule has 28 heavy (non-hydrogen) atoms. The molecule has 0 fully saturated rings. The van der Waals surface area contributed by atoms with Gasteiger partial charge in [-0.2, -0.15) is 0 Å². The van der Waals surface area contributed by atoms with Crippen LogP contribution in [-0.4, -0.2) is 14.3 Å². The minimum absolute atomic E-state index is 0.0808. The predicted octanol–water partition coefficient (Wildman–Crippen LogP) is 4.14. The van der Waals surface area contributed by atoms with Crippen molar-refractivity contribution in [1.29, 1.82) is 0 Å². The van der Waals surface area contributed by atoms with Crippen LogP contribution >= 0.6 is 11.6 Å². The summed E-state index contributed by atoms with van der Waals surface area (Å²) in [5.41, 5.74) is 7.51. The second-order valence-corrected chi connectivity index (χ2v) is 8.54. The average molecular weight is 415 g/mol. The Morgan fingerprint density at radius 2 is 1.61 bits per heavy atom. The average Bonchev–Trinajstić information content (AvgIpc) is 2.69. The van der Waals surface area contributed by atoms with Gasteiger partial charge in [0.05, 0.1) is 17.1 Å². The summed E-state index contributed by atoms with van der Waals surface area (Å²) >= 11 is 6.24. The van der Waals surface area contributed by atoms with Crippen molar-refractivity contribution in [3.8, 4) is 0 Å². The molecule has 3 aromatic rings. The molecule has 0 bridgehead atoms. The Kier molecular flexibility index (Phi) is 5.72. The number of hydrogen-bond donors (Lipinski definition) is 1. The Balaban J connectivity index is 2.09. The second-order valence-electron chi connectivity index (χ2n) is 6.27. The van der Waals surface area contributed by atoms with E-state index < -0.39 is 15.9 Å². The van der Waals surface area contributed by atoms with Crippen LogP contribution in [0.5, 0.6) is 0 Å². The Labute approximate surface area is 169 Å². The third-order valence-corrected chi connectivity index (χ3v) is 6.59. The zero-order valence-corrected chi connectivity index (χ0v) is 16.7. The zero-order chi connectivity index (χ0) is 20.3. The molecule has 3 aromatic carbocycles. The van der Waals surface area contributed by atoms with Gasteiger partial charge in [-0.05, 0) is 54.4 Å². The number of hydrogen-bond acceptors (Lipinski definition) is 3. The molecule has 0 unspecified atom stereocenters. The highest BCUT2D eigenvalue weighted by molar-refractivity contribution is 7.92. The number of nitrogens with two attached hydrogens (primary N) is 1. The van der Waals surface area contributed by atoms with Crippen molar-refractivity contribution in [2.24, 2.45) is 5.73 Å². The highest BCUT2D eigenvalue weighted by Crippen LogP contribution is 2.32. The zero-order valence-electron chi connectivity index (χ0n) is 15.2. The molecule has 0 saturated heterocycles. The maximum absolute atomic E-state index is 13.4. The molecule has 7 heteroatoms. The highest BCUT2D eigenvalue weighted by Gasteiger charge is 2.26. The molecule has 1 amide bonds. The molecule has 144 valence electrons. The molecule has 0 heterocycles. The fraction of sp³-hybridized carbons (Fsp3) is 0.0952. The van der Waals surface area contributed by atoms with Gasteiger partial charge in [-0.25, -0.2) is 8.42 Å². The fourth-order valence-corrected chi connectivity index (χ4v) is 4.53. The lowest BCUT2D eigenvalue weighted by Gasteiger charge is -2.26. The van der Waals surface area contributed by atoms with Crippen LogP contribution in [0.4, 0.5) is 5.69 Å². The van der Waals surface area contributed by atoms with Gasteiger partial charge in [0.2, 0.25) is 5.91 Å². The normalized spacial score (nSPS) is 11.2. The van der Waals surface area contributed by atoms with Crippen molar-refractivity contribution in [3.05, 3.63) is 94.5 Å². The van der Waals surface area contributed by atoms with E-state index in [1.54, 1.807) is 79.7 Å². The first-order valence-electron chi connectivity index (χ1n) is 8.52. The molecule has 0 aliphatic carbocycles. The van der Waals surface area contributed by atoms with Crippen LogP contribution in [0.15, 0.2) is 77.7 Å². The largest absolute Gasteiger partial charge is 0.366 e. The minimum Gasteiger partial charge on any atom is -0.366 e. The van der Waals surface area contributed by atoms with Crippen molar-refractivity contribution in [1.82, 2.24) is 0 Å². The summed E-state index contributed by atoms with van der Waals surface area (Å²) in [5.74, 6) is -0.536. The topological polar surface area (TPSA) is 80.5 Å². The summed E-state index contributed by atoms with van der Waals surface area (Å²) in [6, 6.07) is 19.9. The quantitative estimate of drug-likeness (QED) is 0.658. The summed E-state index contributed by atoms with van der Waals surface area (Å²) in [4.78, 5) is 11.5. The van der Waals surface area contributed by atoms with Gasteiger partial charge in [0.15, 0.2) is 0 Å².